The van der Waals surface area contributed by atoms with Gasteiger partial charge in [0.25, 0.3) is 0 Å². The zero-order valence-corrected chi connectivity index (χ0v) is 11.5. The third kappa shape index (κ3) is 3.98. The summed E-state index contributed by atoms with van der Waals surface area (Å²) in [5, 5.41) is 5.99. The van der Waals surface area contributed by atoms with Crippen LogP contribution < -0.4 is 10.6 Å². The van der Waals surface area contributed by atoms with Crippen LogP contribution in [-0.4, -0.2) is 37.6 Å². The maximum Gasteiger partial charge on any atom is 0.328 e. The topological polar surface area (TPSA) is 67.4 Å². The number of nitrogens with one attached hydrogen (secondary N) is 2. The van der Waals surface area contributed by atoms with E-state index in [1.165, 1.54) is 7.11 Å². The molecule has 5 heteroatoms. The standard InChI is InChI=1S/C13H24N2O3/c1-4-9(2)11(13(17)18-3)15-12(16)10-7-5-6-8-14-10/h9-11,14H,4-8H2,1-3H3,(H,15,16)/t9?,10-,11?/m1/s1. The Morgan fingerprint density at radius 1 is 1.44 bits per heavy atom. The van der Waals surface area contributed by atoms with Crippen molar-refractivity contribution in [1.82, 2.24) is 10.6 Å². The lowest BCUT2D eigenvalue weighted by molar-refractivity contribution is -0.147. The van der Waals surface area contributed by atoms with Crippen LogP contribution in [0.2, 0.25) is 0 Å². The molecule has 0 aliphatic carbocycles. The monoisotopic (exact) mass is 256 g/mol. The molecule has 1 aliphatic heterocycles. The van der Waals surface area contributed by atoms with E-state index in [-0.39, 0.29) is 23.8 Å². The van der Waals surface area contributed by atoms with Gasteiger partial charge in [0.15, 0.2) is 0 Å². The van der Waals surface area contributed by atoms with Gasteiger partial charge in [0.05, 0.1) is 13.2 Å². The number of esters is 1. The molecular weight excluding hydrogens is 232 g/mol. The van der Waals surface area contributed by atoms with E-state index in [4.69, 9.17) is 4.74 Å². The highest BCUT2D eigenvalue weighted by Crippen LogP contribution is 2.12. The van der Waals surface area contributed by atoms with Gasteiger partial charge in [-0.3, -0.25) is 4.79 Å². The fourth-order valence-corrected chi connectivity index (χ4v) is 2.13. The second-order valence-electron chi connectivity index (χ2n) is 4.90. The SMILES string of the molecule is CCC(C)C(NC(=O)[C@H]1CCCCN1)C(=O)OC. The number of carbonyl (C=O) groups excluding carboxylic acids is 2. The summed E-state index contributed by atoms with van der Waals surface area (Å²) in [6, 6.07) is -0.716. The molecule has 3 atom stereocenters. The lowest BCUT2D eigenvalue weighted by Gasteiger charge is -2.27. The summed E-state index contributed by atoms with van der Waals surface area (Å²) < 4.78 is 4.75. The third-order valence-corrected chi connectivity index (χ3v) is 3.59. The quantitative estimate of drug-likeness (QED) is 0.715. The average molecular weight is 256 g/mol. The highest BCUT2D eigenvalue weighted by Gasteiger charge is 2.29. The summed E-state index contributed by atoms with van der Waals surface area (Å²) in [5.74, 6) is -0.385. The molecule has 104 valence electrons. The van der Waals surface area contributed by atoms with Crippen LogP contribution in [-0.2, 0) is 14.3 Å². The van der Waals surface area contributed by atoms with Crippen molar-refractivity contribution < 1.29 is 14.3 Å². The van der Waals surface area contributed by atoms with Crippen molar-refractivity contribution in [1.29, 1.82) is 0 Å². The van der Waals surface area contributed by atoms with Crippen molar-refractivity contribution in [3.8, 4) is 0 Å². The smallest absolute Gasteiger partial charge is 0.328 e. The van der Waals surface area contributed by atoms with Crippen LogP contribution in [0.4, 0.5) is 0 Å². The van der Waals surface area contributed by atoms with Crippen molar-refractivity contribution in [2.45, 2.75) is 51.6 Å². The summed E-state index contributed by atoms with van der Waals surface area (Å²) in [6.45, 7) is 4.80. The van der Waals surface area contributed by atoms with Gasteiger partial charge in [-0.15, -0.1) is 0 Å². The molecule has 18 heavy (non-hydrogen) atoms. The summed E-state index contributed by atoms with van der Waals surface area (Å²) in [5.41, 5.74) is 0. The van der Waals surface area contributed by atoms with Gasteiger partial charge >= 0.3 is 5.97 Å². The van der Waals surface area contributed by atoms with Crippen LogP contribution in [0.25, 0.3) is 0 Å². The Labute approximate surface area is 109 Å². The Morgan fingerprint density at radius 3 is 2.67 bits per heavy atom. The molecule has 0 saturated carbocycles. The summed E-state index contributed by atoms with van der Waals surface area (Å²) in [4.78, 5) is 23.7. The largest absolute Gasteiger partial charge is 0.467 e. The molecule has 1 rings (SSSR count). The molecule has 0 aromatic carbocycles. The summed E-state index contributed by atoms with van der Waals surface area (Å²) in [6.07, 6.45) is 3.81. The van der Waals surface area contributed by atoms with Crippen molar-refractivity contribution in [3.05, 3.63) is 0 Å². The minimum Gasteiger partial charge on any atom is -0.467 e. The first-order valence-corrected chi connectivity index (χ1v) is 6.71. The molecular formula is C13H24N2O3. The zero-order chi connectivity index (χ0) is 13.5. The van der Waals surface area contributed by atoms with Crippen molar-refractivity contribution >= 4 is 11.9 Å². The Hall–Kier alpha value is -1.10. The molecule has 5 nitrogen and oxygen atoms in total. The second kappa shape index (κ2) is 7.36. The van der Waals surface area contributed by atoms with Gasteiger partial charge in [-0.2, -0.15) is 0 Å². The van der Waals surface area contributed by atoms with E-state index in [9.17, 15) is 9.59 Å². The molecule has 2 unspecified atom stereocenters. The van der Waals surface area contributed by atoms with Gasteiger partial charge in [-0.25, -0.2) is 4.79 Å². The number of methoxy groups -OCH3 is 1. The maximum absolute atomic E-state index is 12.1. The number of hydrogen-bond donors (Lipinski definition) is 2. The van der Waals surface area contributed by atoms with Gasteiger partial charge in [0.1, 0.15) is 6.04 Å². The molecule has 1 amide bonds. The Balaban J connectivity index is 2.58. The lowest BCUT2D eigenvalue weighted by Crippen LogP contribution is -2.53. The lowest BCUT2D eigenvalue weighted by atomic mass is 9.97. The molecule has 0 aromatic rings. The van der Waals surface area contributed by atoms with E-state index in [0.717, 1.165) is 32.2 Å². The molecule has 0 spiro atoms. The highest BCUT2D eigenvalue weighted by atomic mass is 16.5. The number of hydrogen-bond acceptors (Lipinski definition) is 4. The first kappa shape index (κ1) is 15.0. The third-order valence-electron chi connectivity index (χ3n) is 3.59. The molecule has 1 aliphatic rings. The van der Waals surface area contributed by atoms with Gasteiger partial charge in [-0.05, 0) is 25.3 Å². The second-order valence-corrected chi connectivity index (χ2v) is 4.90. The molecule has 1 saturated heterocycles. The van der Waals surface area contributed by atoms with Crippen LogP contribution in [0.1, 0.15) is 39.5 Å². The van der Waals surface area contributed by atoms with Crippen LogP contribution in [0.3, 0.4) is 0 Å². The fourth-order valence-electron chi connectivity index (χ4n) is 2.13. The maximum atomic E-state index is 12.1. The van der Waals surface area contributed by atoms with Crippen LogP contribution >= 0.6 is 0 Å². The molecule has 0 aromatic heterocycles. The van der Waals surface area contributed by atoms with Gasteiger partial charge < -0.3 is 15.4 Å². The summed E-state index contributed by atoms with van der Waals surface area (Å²) >= 11 is 0. The van der Waals surface area contributed by atoms with E-state index in [1.54, 1.807) is 0 Å². The summed E-state index contributed by atoms with van der Waals surface area (Å²) in [7, 11) is 1.35. The Kier molecular flexibility index (Phi) is 6.12. The number of amides is 1. The minimum atomic E-state index is -0.545. The van der Waals surface area contributed by atoms with Crippen molar-refractivity contribution in [2.24, 2.45) is 5.92 Å². The Bertz CT molecular complexity index is 288. The van der Waals surface area contributed by atoms with Gasteiger partial charge in [-0.1, -0.05) is 26.7 Å². The molecule has 1 heterocycles. The van der Waals surface area contributed by atoms with Crippen LogP contribution in [0.15, 0.2) is 0 Å². The fraction of sp³-hybridized carbons (Fsp3) is 0.846. The molecule has 0 bridgehead atoms. The number of carbonyl (C=O) groups is 2. The van der Waals surface area contributed by atoms with E-state index >= 15 is 0 Å². The number of piperidine rings is 1. The molecule has 1 fully saturated rings. The van der Waals surface area contributed by atoms with E-state index in [0.29, 0.717) is 0 Å². The average Bonchev–Trinajstić information content (AvgIpc) is 2.43. The van der Waals surface area contributed by atoms with Crippen LogP contribution in [0, 0.1) is 5.92 Å². The predicted octanol–water partition coefficient (Wildman–Crippen LogP) is 0.832. The number of rotatable bonds is 5. The zero-order valence-electron chi connectivity index (χ0n) is 11.5. The Morgan fingerprint density at radius 2 is 2.17 bits per heavy atom. The molecule has 2 N–H and O–H groups in total. The van der Waals surface area contributed by atoms with E-state index < -0.39 is 6.04 Å². The predicted molar refractivity (Wildman–Crippen MR) is 69.0 cm³/mol. The minimum absolute atomic E-state index is 0.0741. The normalized spacial score (nSPS) is 22.9. The first-order valence-electron chi connectivity index (χ1n) is 6.71. The van der Waals surface area contributed by atoms with Crippen molar-refractivity contribution in [2.75, 3.05) is 13.7 Å². The van der Waals surface area contributed by atoms with Gasteiger partial charge in [0, 0.05) is 0 Å². The van der Waals surface area contributed by atoms with E-state index in [1.807, 2.05) is 13.8 Å². The first-order chi connectivity index (χ1) is 8.60. The number of ether oxygens (including phenoxy) is 1. The van der Waals surface area contributed by atoms with Crippen molar-refractivity contribution in [3.63, 3.8) is 0 Å². The van der Waals surface area contributed by atoms with E-state index in [2.05, 4.69) is 10.6 Å². The van der Waals surface area contributed by atoms with Crippen LogP contribution in [0.5, 0.6) is 0 Å². The highest BCUT2D eigenvalue weighted by molar-refractivity contribution is 5.87. The van der Waals surface area contributed by atoms with Gasteiger partial charge in [0.2, 0.25) is 5.91 Å². The molecule has 0 radical (unpaired) electrons.